The zero-order valence-electron chi connectivity index (χ0n) is 14.6. The third kappa shape index (κ3) is 3.01. The minimum atomic E-state index is -0.156. The standard InChI is InChI=1S/C21H21N3O2/c25-20-17-7-3-4-8-18(17)21(26)24(20)13-6-2-1-5-12-23-14-10-16-9-11-22-15-19(16)23/h3-4,7-11,14-15H,1-2,5-6,12-13H2. The Balaban J connectivity index is 1.23. The van der Waals surface area contributed by atoms with E-state index in [-0.39, 0.29) is 11.8 Å². The van der Waals surface area contributed by atoms with Gasteiger partial charge in [0.05, 0.1) is 22.8 Å². The third-order valence-electron chi connectivity index (χ3n) is 4.99. The smallest absolute Gasteiger partial charge is 0.261 e. The molecule has 3 heterocycles. The monoisotopic (exact) mass is 347 g/mol. The lowest BCUT2D eigenvalue weighted by Crippen LogP contribution is -2.30. The SMILES string of the molecule is O=C1c2ccccc2C(=O)N1CCCCCCn1ccc2ccncc21. The van der Waals surface area contributed by atoms with Crippen molar-refractivity contribution in [1.29, 1.82) is 0 Å². The fourth-order valence-electron chi connectivity index (χ4n) is 3.57. The van der Waals surface area contributed by atoms with Gasteiger partial charge >= 0.3 is 0 Å². The van der Waals surface area contributed by atoms with E-state index in [4.69, 9.17) is 0 Å². The highest BCUT2D eigenvalue weighted by atomic mass is 16.2. The number of hydrogen-bond donors (Lipinski definition) is 0. The summed E-state index contributed by atoms with van der Waals surface area (Å²) in [5.41, 5.74) is 2.23. The van der Waals surface area contributed by atoms with Gasteiger partial charge in [-0.2, -0.15) is 0 Å². The number of hydrogen-bond acceptors (Lipinski definition) is 3. The lowest BCUT2D eigenvalue weighted by molar-refractivity contribution is 0.0651. The Morgan fingerprint density at radius 1 is 0.808 bits per heavy atom. The number of benzene rings is 1. The first-order chi connectivity index (χ1) is 12.8. The van der Waals surface area contributed by atoms with Gasteiger partial charge in [-0.25, -0.2) is 0 Å². The second kappa shape index (κ2) is 7.12. The predicted molar refractivity (Wildman–Crippen MR) is 100 cm³/mol. The van der Waals surface area contributed by atoms with Crippen molar-refractivity contribution in [1.82, 2.24) is 14.5 Å². The second-order valence-corrected chi connectivity index (χ2v) is 6.67. The number of rotatable bonds is 7. The molecule has 5 nitrogen and oxygen atoms in total. The van der Waals surface area contributed by atoms with Crippen LogP contribution < -0.4 is 0 Å². The number of carbonyl (C=O) groups excluding carboxylic acids is 2. The molecule has 1 aliphatic rings. The van der Waals surface area contributed by atoms with E-state index in [1.54, 1.807) is 24.3 Å². The van der Waals surface area contributed by atoms with E-state index in [1.807, 2.05) is 18.5 Å². The number of unbranched alkanes of at least 4 members (excludes halogenated alkanes) is 3. The van der Waals surface area contributed by atoms with Crippen LogP contribution in [-0.2, 0) is 6.54 Å². The largest absolute Gasteiger partial charge is 0.346 e. The van der Waals surface area contributed by atoms with Gasteiger partial charge < -0.3 is 4.57 Å². The first kappa shape index (κ1) is 16.5. The van der Waals surface area contributed by atoms with E-state index in [0.29, 0.717) is 17.7 Å². The first-order valence-corrected chi connectivity index (χ1v) is 9.10. The molecule has 0 N–H and O–H groups in total. The number of imide groups is 1. The van der Waals surface area contributed by atoms with Crippen LogP contribution in [0.5, 0.6) is 0 Å². The molecule has 0 radical (unpaired) electrons. The van der Waals surface area contributed by atoms with Gasteiger partial charge in [0.25, 0.3) is 11.8 Å². The molecular weight excluding hydrogens is 326 g/mol. The quantitative estimate of drug-likeness (QED) is 0.481. The summed E-state index contributed by atoms with van der Waals surface area (Å²) in [6.07, 6.45) is 9.81. The molecule has 132 valence electrons. The van der Waals surface area contributed by atoms with Crippen LogP contribution in [0.15, 0.2) is 55.0 Å². The number of pyridine rings is 1. The van der Waals surface area contributed by atoms with Gasteiger partial charge in [0.2, 0.25) is 0 Å². The van der Waals surface area contributed by atoms with Gasteiger partial charge in [0.1, 0.15) is 0 Å². The van der Waals surface area contributed by atoms with Crippen molar-refractivity contribution in [3.8, 4) is 0 Å². The van der Waals surface area contributed by atoms with Crippen molar-refractivity contribution >= 4 is 22.7 Å². The molecular formula is C21H21N3O2. The Labute approximate surface area is 152 Å². The van der Waals surface area contributed by atoms with Gasteiger partial charge in [0, 0.05) is 30.9 Å². The molecule has 5 heteroatoms. The minimum Gasteiger partial charge on any atom is -0.346 e. The van der Waals surface area contributed by atoms with E-state index >= 15 is 0 Å². The minimum absolute atomic E-state index is 0.156. The van der Waals surface area contributed by atoms with Gasteiger partial charge in [-0.3, -0.25) is 19.5 Å². The Hall–Kier alpha value is -2.95. The van der Waals surface area contributed by atoms with Crippen LogP contribution in [0.3, 0.4) is 0 Å². The van der Waals surface area contributed by atoms with Crippen molar-refractivity contribution in [2.45, 2.75) is 32.2 Å². The van der Waals surface area contributed by atoms with E-state index in [0.717, 1.165) is 32.2 Å². The van der Waals surface area contributed by atoms with E-state index < -0.39 is 0 Å². The highest BCUT2D eigenvalue weighted by Crippen LogP contribution is 2.23. The van der Waals surface area contributed by atoms with Crippen LogP contribution in [0, 0.1) is 0 Å². The van der Waals surface area contributed by atoms with Crippen molar-refractivity contribution in [3.05, 3.63) is 66.1 Å². The Morgan fingerprint density at radius 3 is 2.23 bits per heavy atom. The summed E-state index contributed by atoms with van der Waals surface area (Å²) in [4.78, 5) is 30.2. The van der Waals surface area contributed by atoms with Crippen molar-refractivity contribution < 1.29 is 9.59 Å². The number of amides is 2. The van der Waals surface area contributed by atoms with Crippen LogP contribution in [0.25, 0.3) is 10.9 Å². The Kier molecular flexibility index (Phi) is 4.52. The van der Waals surface area contributed by atoms with Crippen LogP contribution >= 0.6 is 0 Å². The second-order valence-electron chi connectivity index (χ2n) is 6.67. The Bertz CT molecular complexity index is 926. The topological polar surface area (TPSA) is 55.2 Å². The lowest BCUT2D eigenvalue weighted by atomic mass is 10.1. The van der Waals surface area contributed by atoms with Gasteiger partial charge in [-0.1, -0.05) is 25.0 Å². The summed E-state index contributed by atoms with van der Waals surface area (Å²) in [5.74, 6) is -0.311. The van der Waals surface area contributed by atoms with E-state index in [1.165, 1.54) is 15.8 Å². The number of carbonyl (C=O) groups is 2. The third-order valence-corrected chi connectivity index (χ3v) is 4.99. The summed E-state index contributed by atoms with van der Waals surface area (Å²) < 4.78 is 2.23. The molecule has 0 unspecified atom stereocenters. The molecule has 0 saturated carbocycles. The highest BCUT2D eigenvalue weighted by Gasteiger charge is 2.34. The zero-order chi connectivity index (χ0) is 17.9. The number of nitrogens with zero attached hydrogens (tertiary/aromatic N) is 3. The molecule has 3 aromatic rings. The molecule has 0 spiro atoms. The van der Waals surface area contributed by atoms with E-state index in [2.05, 4.69) is 21.8 Å². The van der Waals surface area contributed by atoms with Crippen LogP contribution in [0.4, 0.5) is 0 Å². The molecule has 26 heavy (non-hydrogen) atoms. The molecule has 2 aromatic heterocycles. The summed E-state index contributed by atoms with van der Waals surface area (Å²) in [5, 5.41) is 1.21. The molecule has 1 aromatic carbocycles. The predicted octanol–water partition coefficient (Wildman–Crippen LogP) is 3.89. The average molecular weight is 347 g/mol. The Morgan fingerprint density at radius 2 is 1.50 bits per heavy atom. The summed E-state index contributed by atoms with van der Waals surface area (Å²) in [6.45, 7) is 1.46. The number of aromatic nitrogens is 2. The first-order valence-electron chi connectivity index (χ1n) is 9.10. The van der Waals surface area contributed by atoms with Crippen LogP contribution in [0.2, 0.25) is 0 Å². The molecule has 0 fully saturated rings. The number of fused-ring (bicyclic) bond motifs is 2. The molecule has 2 amide bonds. The summed E-state index contributed by atoms with van der Waals surface area (Å²) >= 11 is 0. The molecule has 0 aliphatic carbocycles. The van der Waals surface area contributed by atoms with Crippen molar-refractivity contribution in [2.24, 2.45) is 0 Å². The molecule has 0 bridgehead atoms. The molecule has 0 saturated heterocycles. The maximum Gasteiger partial charge on any atom is 0.261 e. The molecule has 1 aliphatic heterocycles. The maximum absolute atomic E-state index is 12.3. The fourth-order valence-corrected chi connectivity index (χ4v) is 3.57. The molecule has 0 atom stereocenters. The van der Waals surface area contributed by atoms with Gasteiger partial charge in [0.15, 0.2) is 0 Å². The van der Waals surface area contributed by atoms with Crippen LogP contribution in [-0.4, -0.2) is 32.8 Å². The van der Waals surface area contributed by atoms with E-state index in [9.17, 15) is 9.59 Å². The zero-order valence-corrected chi connectivity index (χ0v) is 14.6. The maximum atomic E-state index is 12.3. The van der Waals surface area contributed by atoms with Crippen molar-refractivity contribution in [3.63, 3.8) is 0 Å². The highest BCUT2D eigenvalue weighted by molar-refractivity contribution is 6.21. The van der Waals surface area contributed by atoms with Gasteiger partial charge in [-0.15, -0.1) is 0 Å². The van der Waals surface area contributed by atoms with Crippen LogP contribution in [0.1, 0.15) is 46.4 Å². The lowest BCUT2D eigenvalue weighted by Gasteiger charge is -2.13. The van der Waals surface area contributed by atoms with Crippen molar-refractivity contribution in [2.75, 3.05) is 6.54 Å². The number of aryl methyl sites for hydroxylation is 1. The summed E-state index contributed by atoms with van der Waals surface area (Å²) in [6, 6.07) is 11.2. The molecule has 4 rings (SSSR count). The normalized spacial score (nSPS) is 13.6. The average Bonchev–Trinajstić information content (AvgIpc) is 3.19. The fraction of sp³-hybridized carbons (Fsp3) is 0.286. The van der Waals surface area contributed by atoms with Gasteiger partial charge in [-0.05, 0) is 37.1 Å². The summed E-state index contributed by atoms with van der Waals surface area (Å²) in [7, 11) is 0.